The van der Waals surface area contributed by atoms with E-state index in [0.717, 1.165) is 16.7 Å². The van der Waals surface area contributed by atoms with Crippen molar-refractivity contribution in [3.63, 3.8) is 0 Å². The van der Waals surface area contributed by atoms with Gasteiger partial charge in [0.2, 0.25) is 0 Å². The Morgan fingerprint density at radius 3 is 2.57 bits per heavy atom. The Labute approximate surface area is 123 Å². The molecule has 0 aliphatic heterocycles. The molecule has 2 heterocycles. The van der Waals surface area contributed by atoms with Gasteiger partial charge in [0, 0.05) is 6.42 Å². The normalized spacial score (nSPS) is 11.0. The Balaban J connectivity index is 2.08. The van der Waals surface area contributed by atoms with E-state index in [9.17, 15) is 4.79 Å². The number of rotatable bonds is 3. The van der Waals surface area contributed by atoms with Crippen LogP contribution in [-0.2, 0) is 0 Å². The summed E-state index contributed by atoms with van der Waals surface area (Å²) in [6.45, 7) is 6.01. The van der Waals surface area contributed by atoms with E-state index in [-0.39, 0.29) is 5.78 Å². The minimum Gasteiger partial charge on any atom is -0.297 e. The summed E-state index contributed by atoms with van der Waals surface area (Å²) in [4.78, 5) is 20.3. The van der Waals surface area contributed by atoms with Gasteiger partial charge in [-0.2, -0.15) is 0 Å². The summed E-state index contributed by atoms with van der Waals surface area (Å²) in [5.74, 6) is 0.0588. The number of pyridine rings is 1. The molecule has 0 fully saturated rings. The second-order valence-corrected chi connectivity index (χ2v) is 5.22. The lowest BCUT2D eigenvalue weighted by molar-refractivity contribution is 0.0983. The summed E-state index contributed by atoms with van der Waals surface area (Å²) in [6, 6.07) is 7.90. The first-order valence-corrected chi connectivity index (χ1v) is 7.04. The Bertz CT molecular complexity index is 816. The van der Waals surface area contributed by atoms with Gasteiger partial charge >= 0.3 is 0 Å². The van der Waals surface area contributed by atoms with E-state index < -0.39 is 0 Å². The molecule has 0 spiro atoms. The van der Waals surface area contributed by atoms with Crippen molar-refractivity contribution in [2.45, 2.75) is 27.2 Å². The smallest absolute Gasteiger partial charge is 0.180 e. The molecule has 0 atom stereocenters. The molecule has 0 N–H and O–H groups in total. The van der Waals surface area contributed by atoms with Crippen LogP contribution in [0.2, 0.25) is 0 Å². The van der Waals surface area contributed by atoms with Gasteiger partial charge in [-0.15, -0.1) is 0 Å². The van der Waals surface area contributed by atoms with Gasteiger partial charge < -0.3 is 0 Å². The fourth-order valence-corrected chi connectivity index (χ4v) is 2.34. The summed E-state index contributed by atoms with van der Waals surface area (Å²) in [7, 11) is 0. The number of imidazole rings is 1. The Hall–Kier alpha value is -2.49. The highest BCUT2D eigenvalue weighted by Crippen LogP contribution is 2.21. The van der Waals surface area contributed by atoms with Gasteiger partial charge in [-0.25, -0.2) is 4.98 Å². The molecule has 4 heteroatoms. The van der Waals surface area contributed by atoms with Crippen LogP contribution in [0.3, 0.4) is 0 Å². The molecule has 0 bridgehead atoms. The monoisotopic (exact) mass is 279 g/mol. The van der Waals surface area contributed by atoms with Crippen molar-refractivity contribution in [3.05, 3.63) is 53.6 Å². The van der Waals surface area contributed by atoms with E-state index in [1.165, 1.54) is 11.1 Å². The van der Waals surface area contributed by atoms with Gasteiger partial charge in [-0.05, 0) is 49.2 Å². The predicted molar refractivity (Wildman–Crippen MR) is 83.0 cm³/mol. The number of aryl methyl sites for hydroxylation is 2. The number of aromatic nitrogens is 3. The molecule has 2 aromatic heterocycles. The maximum Gasteiger partial charge on any atom is 0.180 e. The highest BCUT2D eigenvalue weighted by molar-refractivity contribution is 5.94. The highest BCUT2D eigenvalue weighted by atomic mass is 16.1. The molecule has 0 unspecified atom stereocenters. The lowest BCUT2D eigenvalue weighted by Crippen LogP contribution is -2.01. The van der Waals surface area contributed by atoms with Gasteiger partial charge in [0.05, 0.1) is 22.9 Å². The van der Waals surface area contributed by atoms with Crippen LogP contribution in [0.15, 0.2) is 36.8 Å². The van der Waals surface area contributed by atoms with Crippen LogP contribution in [-0.4, -0.2) is 20.3 Å². The number of carbonyl (C=O) groups excluding carboxylic acids is 1. The standard InChI is InChI=1S/C17H17N3O/c1-4-17(21)14-6-5-13(9-18-14)20-10-19-15-7-11(2)12(3)8-16(15)20/h5-10H,4H2,1-3H3. The zero-order valence-electron chi connectivity index (χ0n) is 12.4. The van der Waals surface area contributed by atoms with Crippen molar-refractivity contribution in [3.8, 4) is 5.69 Å². The first kappa shape index (κ1) is 13.5. The van der Waals surface area contributed by atoms with Crippen molar-refractivity contribution in [1.82, 2.24) is 14.5 Å². The van der Waals surface area contributed by atoms with Gasteiger partial charge in [-0.3, -0.25) is 14.3 Å². The van der Waals surface area contributed by atoms with Gasteiger partial charge in [0.1, 0.15) is 12.0 Å². The van der Waals surface area contributed by atoms with Gasteiger partial charge in [0.15, 0.2) is 5.78 Å². The van der Waals surface area contributed by atoms with Crippen LogP contribution in [0.1, 0.15) is 35.0 Å². The van der Waals surface area contributed by atoms with Crippen LogP contribution in [0, 0.1) is 13.8 Å². The molecule has 0 amide bonds. The molecule has 21 heavy (non-hydrogen) atoms. The minimum absolute atomic E-state index is 0.0588. The molecular formula is C17H17N3O. The third kappa shape index (κ3) is 2.33. The molecule has 1 aromatic carbocycles. The highest BCUT2D eigenvalue weighted by Gasteiger charge is 2.09. The van der Waals surface area contributed by atoms with E-state index in [1.54, 1.807) is 18.6 Å². The molecule has 4 nitrogen and oxygen atoms in total. The molecule has 0 saturated heterocycles. The van der Waals surface area contributed by atoms with Crippen LogP contribution < -0.4 is 0 Å². The molecule has 106 valence electrons. The lowest BCUT2D eigenvalue weighted by Gasteiger charge is -2.06. The van der Waals surface area contributed by atoms with E-state index in [4.69, 9.17) is 0 Å². The van der Waals surface area contributed by atoms with Crippen molar-refractivity contribution < 1.29 is 4.79 Å². The second-order valence-electron chi connectivity index (χ2n) is 5.22. The van der Waals surface area contributed by atoms with Crippen LogP contribution in [0.5, 0.6) is 0 Å². The topological polar surface area (TPSA) is 47.8 Å². The molecule has 3 aromatic rings. The van der Waals surface area contributed by atoms with Gasteiger partial charge in [0.25, 0.3) is 0 Å². The van der Waals surface area contributed by atoms with Gasteiger partial charge in [-0.1, -0.05) is 6.92 Å². The minimum atomic E-state index is 0.0588. The largest absolute Gasteiger partial charge is 0.297 e. The third-order valence-corrected chi connectivity index (χ3v) is 3.80. The van der Waals surface area contributed by atoms with Crippen LogP contribution >= 0.6 is 0 Å². The molecule has 0 radical (unpaired) electrons. The molecule has 0 saturated carbocycles. The Kier molecular flexibility index (Phi) is 3.29. The SMILES string of the molecule is CCC(=O)c1ccc(-n2cnc3cc(C)c(C)cc32)cn1. The summed E-state index contributed by atoms with van der Waals surface area (Å²) < 4.78 is 2.00. The van der Waals surface area contributed by atoms with Crippen molar-refractivity contribution in [2.75, 3.05) is 0 Å². The Morgan fingerprint density at radius 2 is 1.90 bits per heavy atom. The van der Waals surface area contributed by atoms with Crippen molar-refractivity contribution in [1.29, 1.82) is 0 Å². The average Bonchev–Trinajstić information content (AvgIpc) is 2.90. The van der Waals surface area contributed by atoms with E-state index in [2.05, 4.69) is 35.9 Å². The summed E-state index contributed by atoms with van der Waals surface area (Å²) in [5.41, 5.74) is 5.90. The third-order valence-electron chi connectivity index (χ3n) is 3.80. The Morgan fingerprint density at radius 1 is 1.14 bits per heavy atom. The number of fused-ring (bicyclic) bond motifs is 1. The maximum absolute atomic E-state index is 11.6. The average molecular weight is 279 g/mol. The predicted octanol–water partition coefficient (Wildman–Crippen LogP) is 3.63. The zero-order valence-corrected chi connectivity index (χ0v) is 12.4. The maximum atomic E-state index is 11.6. The number of hydrogen-bond acceptors (Lipinski definition) is 3. The fraction of sp³-hybridized carbons (Fsp3) is 0.235. The molecule has 0 aliphatic rings. The quantitative estimate of drug-likeness (QED) is 0.688. The lowest BCUT2D eigenvalue weighted by atomic mass is 10.1. The van der Waals surface area contributed by atoms with E-state index in [0.29, 0.717) is 12.1 Å². The molecule has 3 rings (SSSR count). The summed E-state index contributed by atoms with van der Waals surface area (Å²) >= 11 is 0. The van der Waals surface area contributed by atoms with E-state index in [1.807, 2.05) is 17.6 Å². The zero-order chi connectivity index (χ0) is 15.0. The number of carbonyl (C=O) groups is 1. The van der Waals surface area contributed by atoms with Crippen LogP contribution in [0.25, 0.3) is 16.7 Å². The number of ketones is 1. The van der Waals surface area contributed by atoms with Crippen LogP contribution in [0.4, 0.5) is 0 Å². The molecule has 0 aliphatic carbocycles. The summed E-state index contributed by atoms with van der Waals surface area (Å²) in [6.07, 6.45) is 3.99. The fourth-order valence-electron chi connectivity index (χ4n) is 2.34. The summed E-state index contributed by atoms with van der Waals surface area (Å²) in [5, 5.41) is 0. The number of benzene rings is 1. The first-order valence-electron chi connectivity index (χ1n) is 7.04. The second kappa shape index (κ2) is 5.13. The van der Waals surface area contributed by atoms with E-state index >= 15 is 0 Å². The van der Waals surface area contributed by atoms with Crippen molar-refractivity contribution in [2.24, 2.45) is 0 Å². The molecular weight excluding hydrogens is 262 g/mol. The number of nitrogens with zero attached hydrogens (tertiary/aromatic N) is 3. The first-order chi connectivity index (χ1) is 10.1. The number of Topliss-reactive ketones (excluding diaryl/α,β-unsaturated/α-hetero) is 1. The number of hydrogen-bond donors (Lipinski definition) is 0. The van der Waals surface area contributed by atoms with Crippen molar-refractivity contribution >= 4 is 16.8 Å².